The van der Waals surface area contributed by atoms with Gasteiger partial charge in [0.1, 0.15) is 0 Å². The van der Waals surface area contributed by atoms with E-state index in [0.29, 0.717) is 12.1 Å². The number of rotatable bonds is 2. The van der Waals surface area contributed by atoms with Crippen molar-refractivity contribution in [2.75, 3.05) is 19.8 Å². The summed E-state index contributed by atoms with van der Waals surface area (Å²) in [6.07, 6.45) is 1.24. The molecule has 0 aromatic rings. The van der Waals surface area contributed by atoms with Crippen molar-refractivity contribution >= 4 is 0 Å². The molecule has 0 spiro atoms. The summed E-state index contributed by atoms with van der Waals surface area (Å²) in [5, 5.41) is 0. The summed E-state index contributed by atoms with van der Waals surface area (Å²) in [4.78, 5) is 2.53. The Balaban J connectivity index is 2.41. The summed E-state index contributed by atoms with van der Waals surface area (Å²) in [5.74, 6) is 0. The van der Waals surface area contributed by atoms with Crippen LogP contribution >= 0.6 is 0 Å². The highest BCUT2D eigenvalue weighted by Gasteiger charge is 2.23. The second-order valence-corrected chi connectivity index (χ2v) is 3.47. The lowest BCUT2D eigenvalue weighted by Crippen LogP contribution is -2.49. The molecular formula is C9H19NO. The Bertz CT molecular complexity index is 106. The molecule has 11 heavy (non-hydrogen) atoms. The number of ether oxygens (including phenoxy) is 1. The van der Waals surface area contributed by atoms with E-state index in [1.54, 1.807) is 0 Å². The highest BCUT2D eigenvalue weighted by atomic mass is 16.5. The van der Waals surface area contributed by atoms with E-state index in [9.17, 15) is 0 Å². The van der Waals surface area contributed by atoms with Crippen molar-refractivity contribution in [3.05, 3.63) is 0 Å². The average Bonchev–Trinajstić information content (AvgIpc) is 1.97. The predicted octanol–water partition coefficient (Wildman–Crippen LogP) is 1.51. The van der Waals surface area contributed by atoms with E-state index in [-0.39, 0.29) is 0 Å². The third-order valence-electron chi connectivity index (χ3n) is 2.33. The Labute approximate surface area is 69.5 Å². The molecule has 2 heteroatoms. The molecular weight excluding hydrogens is 138 g/mol. The minimum absolute atomic E-state index is 0.610. The first-order chi connectivity index (χ1) is 5.25. The number of nitrogens with zero attached hydrogens (tertiary/aromatic N) is 1. The molecule has 2 nitrogen and oxygen atoms in total. The molecule has 66 valence electrons. The topological polar surface area (TPSA) is 12.5 Å². The highest BCUT2D eigenvalue weighted by molar-refractivity contribution is 4.76. The summed E-state index contributed by atoms with van der Waals surface area (Å²) in [7, 11) is 0. The Hall–Kier alpha value is -0.0800. The number of morpholine rings is 1. The Morgan fingerprint density at radius 2 is 1.82 bits per heavy atom. The van der Waals surface area contributed by atoms with Crippen molar-refractivity contribution in [2.24, 2.45) is 0 Å². The molecule has 1 saturated heterocycles. The third kappa shape index (κ3) is 2.17. The zero-order valence-corrected chi connectivity index (χ0v) is 7.84. The first-order valence-corrected chi connectivity index (χ1v) is 4.59. The molecule has 0 aromatic heterocycles. The lowest BCUT2D eigenvalue weighted by Gasteiger charge is -2.38. The summed E-state index contributed by atoms with van der Waals surface area (Å²) in [6.45, 7) is 9.74. The van der Waals surface area contributed by atoms with Crippen molar-refractivity contribution in [3.63, 3.8) is 0 Å². The monoisotopic (exact) mass is 157 g/mol. The van der Waals surface area contributed by atoms with Crippen LogP contribution in [0.25, 0.3) is 0 Å². The normalized spacial score (nSPS) is 34.1. The van der Waals surface area contributed by atoms with Gasteiger partial charge in [0.05, 0.1) is 13.2 Å². The van der Waals surface area contributed by atoms with Gasteiger partial charge in [0.15, 0.2) is 0 Å². The minimum Gasteiger partial charge on any atom is -0.378 e. The van der Waals surface area contributed by atoms with E-state index in [2.05, 4.69) is 25.7 Å². The van der Waals surface area contributed by atoms with Gasteiger partial charge in [0, 0.05) is 12.1 Å². The molecule has 1 rings (SSSR count). The fraction of sp³-hybridized carbons (Fsp3) is 1.00. The zero-order chi connectivity index (χ0) is 8.27. The third-order valence-corrected chi connectivity index (χ3v) is 2.33. The van der Waals surface area contributed by atoms with Crippen molar-refractivity contribution in [3.8, 4) is 0 Å². The molecule has 1 heterocycles. The Morgan fingerprint density at radius 1 is 1.27 bits per heavy atom. The quantitative estimate of drug-likeness (QED) is 0.602. The molecule has 0 N–H and O–H groups in total. The van der Waals surface area contributed by atoms with Gasteiger partial charge < -0.3 is 4.74 Å². The Morgan fingerprint density at radius 3 is 2.27 bits per heavy atom. The molecule has 0 amide bonds. The maximum absolute atomic E-state index is 5.43. The van der Waals surface area contributed by atoms with Crippen molar-refractivity contribution < 1.29 is 4.74 Å². The first-order valence-electron chi connectivity index (χ1n) is 4.59. The van der Waals surface area contributed by atoms with E-state index in [1.165, 1.54) is 13.0 Å². The van der Waals surface area contributed by atoms with Gasteiger partial charge in [0.2, 0.25) is 0 Å². The SMILES string of the molecule is CCCN1[C@H](C)COC[C@@H]1C. The molecule has 0 aromatic carbocycles. The molecule has 0 radical (unpaired) electrons. The molecule has 0 saturated carbocycles. The zero-order valence-electron chi connectivity index (χ0n) is 7.84. The van der Waals surface area contributed by atoms with E-state index in [1.807, 2.05) is 0 Å². The van der Waals surface area contributed by atoms with E-state index in [4.69, 9.17) is 4.74 Å². The van der Waals surface area contributed by atoms with Crippen LogP contribution in [0.1, 0.15) is 27.2 Å². The second kappa shape index (κ2) is 4.07. The van der Waals surface area contributed by atoms with Crippen molar-refractivity contribution in [2.45, 2.75) is 39.3 Å². The first kappa shape index (κ1) is 9.01. The summed E-state index contributed by atoms with van der Waals surface area (Å²) < 4.78 is 5.43. The van der Waals surface area contributed by atoms with Crippen molar-refractivity contribution in [1.29, 1.82) is 0 Å². The van der Waals surface area contributed by atoms with E-state index >= 15 is 0 Å². The van der Waals surface area contributed by atoms with Gasteiger partial charge in [-0.1, -0.05) is 6.92 Å². The van der Waals surface area contributed by atoms with E-state index < -0.39 is 0 Å². The van der Waals surface area contributed by atoms with E-state index in [0.717, 1.165) is 13.2 Å². The summed E-state index contributed by atoms with van der Waals surface area (Å²) in [6, 6.07) is 1.22. The van der Waals surface area contributed by atoms with Crippen LogP contribution in [-0.2, 0) is 4.74 Å². The molecule has 1 fully saturated rings. The van der Waals surface area contributed by atoms with Gasteiger partial charge in [0.25, 0.3) is 0 Å². The van der Waals surface area contributed by atoms with Gasteiger partial charge in [-0.3, -0.25) is 4.90 Å². The van der Waals surface area contributed by atoms with Crippen LogP contribution in [0.15, 0.2) is 0 Å². The molecule has 2 atom stereocenters. The summed E-state index contributed by atoms with van der Waals surface area (Å²) in [5.41, 5.74) is 0. The smallest absolute Gasteiger partial charge is 0.0620 e. The lowest BCUT2D eigenvalue weighted by molar-refractivity contribution is -0.0363. The molecule has 0 bridgehead atoms. The number of hydrogen-bond acceptors (Lipinski definition) is 2. The van der Waals surface area contributed by atoms with Crippen LogP contribution in [0.5, 0.6) is 0 Å². The van der Waals surface area contributed by atoms with Crippen LogP contribution in [0.4, 0.5) is 0 Å². The van der Waals surface area contributed by atoms with Crippen LogP contribution in [0, 0.1) is 0 Å². The standard InChI is InChI=1S/C9H19NO/c1-4-5-10-8(2)6-11-7-9(10)3/h8-9H,4-7H2,1-3H3/t8-,9+. The Kier molecular flexibility index (Phi) is 3.34. The number of hydrogen-bond donors (Lipinski definition) is 0. The maximum Gasteiger partial charge on any atom is 0.0620 e. The van der Waals surface area contributed by atoms with Gasteiger partial charge in [-0.25, -0.2) is 0 Å². The van der Waals surface area contributed by atoms with Gasteiger partial charge in [-0.05, 0) is 26.8 Å². The van der Waals surface area contributed by atoms with Crippen LogP contribution in [-0.4, -0.2) is 36.7 Å². The van der Waals surface area contributed by atoms with Gasteiger partial charge >= 0.3 is 0 Å². The average molecular weight is 157 g/mol. The van der Waals surface area contributed by atoms with Crippen LogP contribution in [0.3, 0.4) is 0 Å². The molecule has 1 aliphatic rings. The fourth-order valence-electron chi connectivity index (χ4n) is 1.73. The van der Waals surface area contributed by atoms with Gasteiger partial charge in [-0.2, -0.15) is 0 Å². The fourth-order valence-corrected chi connectivity index (χ4v) is 1.73. The molecule has 1 aliphatic heterocycles. The largest absolute Gasteiger partial charge is 0.378 e. The van der Waals surface area contributed by atoms with Crippen LogP contribution in [0.2, 0.25) is 0 Å². The predicted molar refractivity (Wildman–Crippen MR) is 46.7 cm³/mol. The summed E-state index contributed by atoms with van der Waals surface area (Å²) >= 11 is 0. The second-order valence-electron chi connectivity index (χ2n) is 3.47. The van der Waals surface area contributed by atoms with Crippen LogP contribution < -0.4 is 0 Å². The minimum atomic E-state index is 0.610. The van der Waals surface area contributed by atoms with Crippen molar-refractivity contribution in [1.82, 2.24) is 4.90 Å². The molecule has 0 aliphatic carbocycles. The highest BCUT2D eigenvalue weighted by Crippen LogP contribution is 2.12. The maximum atomic E-state index is 5.43. The lowest BCUT2D eigenvalue weighted by atomic mass is 10.1. The molecule has 0 unspecified atom stereocenters. The van der Waals surface area contributed by atoms with Gasteiger partial charge in [-0.15, -0.1) is 0 Å².